The lowest BCUT2D eigenvalue weighted by Gasteiger charge is -2.11. The molecule has 0 unspecified atom stereocenters. The molecule has 0 saturated carbocycles. The number of thiophene rings is 1. The third-order valence-electron chi connectivity index (χ3n) is 5.47. The van der Waals surface area contributed by atoms with Crippen molar-refractivity contribution < 1.29 is 45.1 Å². The van der Waals surface area contributed by atoms with Crippen molar-refractivity contribution in [2.45, 2.75) is 12.5 Å². The normalized spacial score (nSPS) is 12.2. The van der Waals surface area contributed by atoms with Crippen molar-refractivity contribution in [2.24, 2.45) is 0 Å². The third-order valence-corrected chi connectivity index (χ3v) is 6.57. The Balaban J connectivity index is 1.62. The van der Waals surface area contributed by atoms with E-state index in [1.165, 1.54) is 0 Å². The van der Waals surface area contributed by atoms with Crippen LogP contribution in [-0.4, -0.2) is 22.4 Å². The van der Waals surface area contributed by atoms with Gasteiger partial charge in [0.2, 0.25) is 5.69 Å². The zero-order valence-electron chi connectivity index (χ0n) is 19.1. The van der Waals surface area contributed by atoms with Crippen LogP contribution in [0.5, 0.6) is 5.75 Å². The molecule has 0 bridgehead atoms. The summed E-state index contributed by atoms with van der Waals surface area (Å²) >= 11 is 0.552. The molecule has 0 fully saturated rings. The van der Waals surface area contributed by atoms with Crippen LogP contribution in [0.4, 0.5) is 32.0 Å². The number of anilines is 1. The van der Waals surface area contributed by atoms with Gasteiger partial charge in [-0.15, -0.1) is 24.5 Å². The van der Waals surface area contributed by atoms with Gasteiger partial charge in [-0.05, 0) is 28.2 Å². The molecule has 200 valence electrons. The summed E-state index contributed by atoms with van der Waals surface area (Å²) in [5.74, 6) is -1.66. The van der Waals surface area contributed by atoms with Crippen LogP contribution >= 0.6 is 11.3 Å². The number of fused-ring (bicyclic) bond motifs is 1. The molecule has 15 heteroatoms. The van der Waals surface area contributed by atoms with Gasteiger partial charge in [-0.2, -0.15) is 13.2 Å². The number of nitrogens with zero attached hydrogens (tertiary/aromatic N) is 2. The number of pyridine rings is 1. The number of hydrogen-bond acceptors (Lipinski definition) is 7. The summed E-state index contributed by atoms with van der Waals surface area (Å²) in [6, 6.07) is 12.9. The van der Waals surface area contributed by atoms with Crippen molar-refractivity contribution in [1.82, 2.24) is 10.3 Å². The Morgan fingerprint density at radius 2 is 1.69 bits per heavy atom. The van der Waals surface area contributed by atoms with E-state index in [4.69, 9.17) is 10.3 Å². The van der Waals surface area contributed by atoms with Gasteiger partial charge in [0, 0.05) is 23.1 Å². The van der Waals surface area contributed by atoms with Gasteiger partial charge in [-0.1, -0.05) is 30.3 Å². The highest BCUT2D eigenvalue weighted by molar-refractivity contribution is 7.21. The highest BCUT2D eigenvalue weighted by Gasteiger charge is 2.39. The molecular weight excluding hydrogens is 554 g/mol. The molecule has 0 aliphatic rings. The molecule has 0 spiro atoms. The molecule has 5 aromatic rings. The second kappa shape index (κ2) is 9.27. The lowest BCUT2D eigenvalue weighted by molar-refractivity contribution is -0.672. The summed E-state index contributed by atoms with van der Waals surface area (Å²) in [7, 11) is 0. The molecule has 3 aromatic heterocycles. The van der Waals surface area contributed by atoms with Gasteiger partial charge in [0.15, 0.2) is 0 Å². The standard InChI is InChI=1S/C24H12F6N4O4S/c25-23(26,27)14-10-15(11-4-2-1-3-5-11)32-21-16(14)17(31)20(39-21)19(35)18-22(36)38-33-34(18)12-6-8-13(9-7-12)37-24(28,29)30/h1-10H,(H2-,31,33,35,36)/p+1. The number of alkyl halides is 6. The molecule has 39 heavy (non-hydrogen) atoms. The van der Waals surface area contributed by atoms with E-state index in [-0.39, 0.29) is 16.2 Å². The topological polar surface area (TPSA) is 115 Å². The molecule has 8 nitrogen and oxygen atoms in total. The first-order valence-electron chi connectivity index (χ1n) is 10.7. The highest BCUT2D eigenvalue weighted by Crippen LogP contribution is 2.43. The Morgan fingerprint density at radius 1 is 1.03 bits per heavy atom. The molecule has 0 aliphatic carbocycles. The second-order valence-electron chi connectivity index (χ2n) is 7.98. The molecule has 0 amide bonds. The zero-order chi connectivity index (χ0) is 28.1. The Labute approximate surface area is 216 Å². The number of aromatic amines is 1. The number of nitrogen functional groups attached to an aromatic ring is 1. The van der Waals surface area contributed by atoms with Gasteiger partial charge in [-0.3, -0.25) is 9.32 Å². The van der Waals surface area contributed by atoms with Crippen molar-refractivity contribution in [2.75, 3.05) is 5.73 Å². The highest BCUT2D eigenvalue weighted by atomic mass is 32.1. The van der Waals surface area contributed by atoms with Crippen molar-refractivity contribution in [3.05, 3.63) is 87.2 Å². The van der Waals surface area contributed by atoms with Gasteiger partial charge in [0.1, 0.15) is 15.5 Å². The number of halogens is 6. The summed E-state index contributed by atoms with van der Waals surface area (Å²) in [5, 5.41) is 1.64. The number of hydrogen-bond donors (Lipinski definition) is 2. The smallest absolute Gasteiger partial charge is 0.406 e. The second-order valence-corrected chi connectivity index (χ2v) is 8.98. The minimum Gasteiger partial charge on any atom is -0.406 e. The maximum atomic E-state index is 14.0. The first-order valence-corrected chi connectivity index (χ1v) is 11.5. The average Bonchev–Trinajstić information content (AvgIpc) is 3.42. The van der Waals surface area contributed by atoms with Crippen LogP contribution in [0.3, 0.4) is 0 Å². The number of ether oxygens (including phenoxy) is 1. The number of rotatable bonds is 5. The van der Waals surface area contributed by atoms with E-state index in [1.54, 1.807) is 30.3 Å². The van der Waals surface area contributed by atoms with Gasteiger partial charge in [-0.25, -0.2) is 9.78 Å². The molecule has 0 atom stereocenters. The van der Waals surface area contributed by atoms with Crippen LogP contribution in [-0.2, 0) is 6.18 Å². The average molecular weight is 567 g/mol. The minimum absolute atomic E-state index is 0.00642. The fraction of sp³-hybridized carbons (Fsp3) is 0.0833. The zero-order valence-corrected chi connectivity index (χ0v) is 19.9. The van der Waals surface area contributed by atoms with Gasteiger partial charge in [0.05, 0.1) is 16.9 Å². The van der Waals surface area contributed by atoms with E-state index in [2.05, 4.69) is 15.0 Å². The molecular formula is C24H13F6N4O4S+. The van der Waals surface area contributed by atoms with Crippen LogP contribution in [0, 0.1) is 0 Å². The summed E-state index contributed by atoms with van der Waals surface area (Å²) in [5.41, 5.74) is 2.86. The Hall–Kier alpha value is -4.66. The van der Waals surface area contributed by atoms with Crippen LogP contribution in [0.2, 0.25) is 0 Å². The number of H-pyrrole nitrogens is 1. The van der Waals surface area contributed by atoms with Crippen molar-refractivity contribution in [3.8, 4) is 22.7 Å². The van der Waals surface area contributed by atoms with Crippen molar-refractivity contribution >= 4 is 33.0 Å². The lowest BCUT2D eigenvalue weighted by atomic mass is 10.0. The number of ketones is 1. The van der Waals surface area contributed by atoms with E-state index in [1.807, 2.05) is 0 Å². The number of nitrogens with one attached hydrogen (secondary N) is 1. The maximum Gasteiger partial charge on any atom is 0.573 e. The van der Waals surface area contributed by atoms with E-state index in [0.717, 1.165) is 35.0 Å². The minimum atomic E-state index is -4.94. The number of benzene rings is 2. The molecule has 0 aliphatic heterocycles. The summed E-state index contributed by atoms with van der Waals surface area (Å²) in [4.78, 5) is 29.5. The molecule has 3 N–H and O–H groups in total. The van der Waals surface area contributed by atoms with Crippen LogP contribution in [0.15, 0.2) is 70.0 Å². The predicted molar refractivity (Wildman–Crippen MR) is 125 cm³/mol. The van der Waals surface area contributed by atoms with E-state index < -0.39 is 56.9 Å². The lowest BCUT2D eigenvalue weighted by Crippen LogP contribution is -2.41. The first kappa shape index (κ1) is 26.0. The predicted octanol–water partition coefficient (Wildman–Crippen LogP) is 5.25. The monoisotopic (exact) mass is 567 g/mol. The molecule has 2 aromatic carbocycles. The van der Waals surface area contributed by atoms with E-state index in [0.29, 0.717) is 16.9 Å². The summed E-state index contributed by atoms with van der Waals surface area (Å²) in [6.45, 7) is 0. The number of nitrogens with two attached hydrogens (primary N) is 1. The van der Waals surface area contributed by atoms with Gasteiger partial charge >= 0.3 is 23.9 Å². The molecule has 5 rings (SSSR count). The van der Waals surface area contributed by atoms with E-state index >= 15 is 0 Å². The fourth-order valence-electron chi connectivity index (χ4n) is 3.82. The van der Waals surface area contributed by atoms with Crippen molar-refractivity contribution in [1.29, 1.82) is 0 Å². The Morgan fingerprint density at radius 3 is 2.31 bits per heavy atom. The summed E-state index contributed by atoms with van der Waals surface area (Å²) < 4.78 is 88.8. The van der Waals surface area contributed by atoms with Gasteiger partial charge < -0.3 is 10.5 Å². The maximum absolute atomic E-state index is 14.0. The quantitative estimate of drug-likeness (QED) is 0.170. The van der Waals surface area contributed by atoms with Crippen LogP contribution in [0.25, 0.3) is 27.2 Å². The van der Waals surface area contributed by atoms with Gasteiger partial charge in [0.25, 0.3) is 5.78 Å². The molecule has 0 radical (unpaired) electrons. The number of aromatic nitrogens is 3. The largest absolute Gasteiger partial charge is 0.573 e. The fourth-order valence-corrected chi connectivity index (χ4v) is 4.88. The van der Waals surface area contributed by atoms with Crippen LogP contribution < -0.4 is 20.8 Å². The molecule has 3 heterocycles. The van der Waals surface area contributed by atoms with Crippen molar-refractivity contribution in [3.63, 3.8) is 0 Å². The SMILES string of the molecule is Nc1c(C(=O)c2c(=O)o[nH][n+]2-c2ccc(OC(F)(F)F)cc2)sc2nc(-c3ccccc3)cc(C(F)(F)F)c12. The summed E-state index contributed by atoms with van der Waals surface area (Å²) in [6.07, 6.45) is -9.80. The Bertz CT molecular complexity index is 1760. The van der Waals surface area contributed by atoms with Crippen LogP contribution in [0.1, 0.15) is 20.9 Å². The number of carbonyl (C=O) groups is 1. The first-order chi connectivity index (χ1) is 18.3. The third kappa shape index (κ3) is 4.95. The number of carbonyl (C=O) groups excluding carboxylic acids is 1. The van der Waals surface area contributed by atoms with E-state index in [9.17, 15) is 35.9 Å². The molecule has 0 saturated heterocycles. The Kier molecular flexibility index (Phi) is 6.17.